The molecule has 202 valence electrons. The van der Waals surface area contributed by atoms with E-state index in [1.807, 2.05) is 11.8 Å². The lowest BCUT2D eigenvalue weighted by atomic mass is 9.92. The molecule has 0 unspecified atom stereocenters. The van der Waals surface area contributed by atoms with Gasteiger partial charge in [-0.2, -0.15) is 0 Å². The van der Waals surface area contributed by atoms with Crippen LogP contribution in [0.1, 0.15) is 42.4 Å². The van der Waals surface area contributed by atoms with Crippen molar-refractivity contribution in [2.75, 3.05) is 23.7 Å². The molecule has 6 N–H and O–H groups in total. The van der Waals surface area contributed by atoms with Crippen molar-refractivity contribution in [1.82, 2.24) is 9.97 Å². The molecule has 0 aliphatic carbocycles. The number of anilines is 2. The van der Waals surface area contributed by atoms with Crippen molar-refractivity contribution in [3.63, 3.8) is 0 Å². The molecule has 2 aromatic heterocycles. The predicted octanol–water partition coefficient (Wildman–Crippen LogP) is 2.94. The van der Waals surface area contributed by atoms with Crippen molar-refractivity contribution in [2.45, 2.75) is 44.9 Å². The first kappa shape index (κ1) is 27.5. The first-order chi connectivity index (χ1) is 17.8. The van der Waals surface area contributed by atoms with Gasteiger partial charge >= 0.3 is 0 Å². The molecule has 1 aromatic carbocycles. The molecule has 11 heteroatoms. The van der Waals surface area contributed by atoms with Crippen LogP contribution in [0.15, 0.2) is 36.7 Å². The van der Waals surface area contributed by atoms with Gasteiger partial charge in [-0.3, -0.25) is 9.78 Å². The second-order valence-electron chi connectivity index (χ2n) is 10.3. The number of ketones is 1. The summed E-state index contributed by atoms with van der Waals surface area (Å²) in [5, 5.41) is 20.3. The van der Waals surface area contributed by atoms with E-state index in [1.165, 1.54) is 20.0 Å². The van der Waals surface area contributed by atoms with Gasteiger partial charge in [-0.15, -0.1) is 0 Å². The number of carbonyl (C=O) groups is 1. The van der Waals surface area contributed by atoms with Gasteiger partial charge in [0.2, 0.25) is 0 Å². The molecule has 8 nitrogen and oxygen atoms in total. The molecule has 0 saturated carbocycles. The lowest BCUT2D eigenvalue weighted by molar-refractivity contribution is 0.0778. The minimum absolute atomic E-state index is 0.0493. The molecular weight excluding hydrogens is 499 g/mol. The number of carbonyl (C=O) groups excluding carboxylic acids is 1. The second-order valence-corrected chi connectivity index (χ2v) is 10.3. The predicted molar refractivity (Wildman–Crippen MR) is 137 cm³/mol. The summed E-state index contributed by atoms with van der Waals surface area (Å²) in [6.07, 6.45) is 2.19. The van der Waals surface area contributed by atoms with E-state index >= 15 is 0 Å². The van der Waals surface area contributed by atoms with Crippen LogP contribution < -0.4 is 16.4 Å². The van der Waals surface area contributed by atoms with Gasteiger partial charge in [0.25, 0.3) is 0 Å². The summed E-state index contributed by atoms with van der Waals surface area (Å²) >= 11 is 0. The molecule has 1 aliphatic heterocycles. The standard InChI is InChI=1S/C27H30F3N5O3/c1-13-11-35(12-20(32)26(13)37)21-4-5-33-10-14(21)6-22(36)25-19(31)9-18(30)24(34-25)23-16(28)7-15(8-17(23)29)27(2,3)38/h4-5,7-10,13,20,26,37-38H,6,11-12,31-32H2,1-3H3/t13-,20+,26+/m0/s1. The van der Waals surface area contributed by atoms with Crippen molar-refractivity contribution >= 4 is 17.2 Å². The summed E-state index contributed by atoms with van der Waals surface area (Å²) in [7, 11) is 0. The van der Waals surface area contributed by atoms with Gasteiger partial charge in [0.1, 0.15) is 23.0 Å². The number of hydrogen-bond donors (Lipinski definition) is 4. The number of piperidine rings is 1. The summed E-state index contributed by atoms with van der Waals surface area (Å²) in [5.74, 6) is -4.13. The minimum Gasteiger partial charge on any atom is -0.397 e. The van der Waals surface area contributed by atoms with E-state index in [0.717, 1.165) is 18.2 Å². The minimum atomic E-state index is -1.54. The Morgan fingerprint density at radius 1 is 1.16 bits per heavy atom. The van der Waals surface area contributed by atoms with Crippen LogP contribution in [-0.2, 0) is 12.0 Å². The Morgan fingerprint density at radius 2 is 1.82 bits per heavy atom. The Morgan fingerprint density at radius 3 is 2.42 bits per heavy atom. The first-order valence-electron chi connectivity index (χ1n) is 12.1. The summed E-state index contributed by atoms with van der Waals surface area (Å²) in [6.45, 7) is 5.44. The van der Waals surface area contributed by atoms with Gasteiger partial charge in [0.05, 0.1) is 23.0 Å². The van der Waals surface area contributed by atoms with E-state index < -0.39 is 52.2 Å². The Bertz CT molecular complexity index is 1340. The van der Waals surface area contributed by atoms with Gasteiger partial charge in [-0.1, -0.05) is 6.92 Å². The Balaban J connectivity index is 1.69. The number of pyridine rings is 2. The largest absolute Gasteiger partial charge is 0.397 e. The lowest BCUT2D eigenvalue weighted by Gasteiger charge is -2.40. The summed E-state index contributed by atoms with van der Waals surface area (Å²) < 4.78 is 44.7. The SMILES string of the molecule is C[C@H]1CN(c2ccncc2CC(=O)c2nc(-c3c(F)cc(C(C)(C)O)cc3F)c(F)cc2N)C[C@@H](N)[C@@H]1O. The van der Waals surface area contributed by atoms with E-state index in [2.05, 4.69) is 9.97 Å². The van der Waals surface area contributed by atoms with Crippen LogP contribution in [0.2, 0.25) is 0 Å². The molecule has 0 spiro atoms. The Kier molecular flexibility index (Phi) is 7.46. The molecule has 4 rings (SSSR count). The van der Waals surface area contributed by atoms with E-state index in [-0.39, 0.29) is 29.3 Å². The van der Waals surface area contributed by atoms with E-state index in [4.69, 9.17) is 11.5 Å². The van der Waals surface area contributed by atoms with Crippen LogP contribution in [0.25, 0.3) is 11.3 Å². The van der Waals surface area contributed by atoms with Gasteiger partial charge in [0, 0.05) is 61.2 Å². The number of hydrogen-bond acceptors (Lipinski definition) is 8. The number of rotatable bonds is 6. The normalized spacial score (nSPS) is 20.0. The van der Waals surface area contributed by atoms with Crippen molar-refractivity contribution in [3.8, 4) is 11.3 Å². The third kappa shape index (κ3) is 5.35. The number of aliphatic hydroxyl groups is 2. The maximum Gasteiger partial charge on any atom is 0.187 e. The van der Waals surface area contributed by atoms with Crippen LogP contribution in [0.5, 0.6) is 0 Å². The third-order valence-electron chi connectivity index (χ3n) is 6.79. The van der Waals surface area contributed by atoms with Crippen LogP contribution in [0, 0.1) is 23.4 Å². The summed E-state index contributed by atoms with van der Waals surface area (Å²) in [6, 6.07) is 3.82. The van der Waals surface area contributed by atoms with Crippen LogP contribution in [0.4, 0.5) is 24.5 Å². The molecule has 38 heavy (non-hydrogen) atoms. The highest BCUT2D eigenvalue weighted by molar-refractivity contribution is 6.01. The Hall–Kier alpha value is -3.54. The highest BCUT2D eigenvalue weighted by atomic mass is 19.1. The average molecular weight is 530 g/mol. The fourth-order valence-electron chi connectivity index (χ4n) is 4.69. The maximum absolute atomic E-state index is 14.9. The molecule has 0 amide bonds. The smallest absolute Gasteiger partial charge is 0.187 e. The topological polar surface area (TPSA) is 139 Å². The number of aromatic nitrogens is 2. The molecule has 3 aromatic rings. The van der Waals surface area contributed by atoms with E-state index in [1.54, 1.807) is 12.3 Å². The molecule has 0 radical (unpaired) electrons. The first-order valence-corrected chi connectivity index (χ1v) is 12.1. The van der Waals surface area contributed by atoms with Crippen molar-refractivity contribution in [2.24, 2.45) is 11.7 Å². The lowest BCUT2D eigenvalue weighted by Crippen LogP contribution is -2.55. The molecule has 0 bridgehead atoms. The van der Waals surface area contributed by atoms with Crippen molar-refractivity contribution < 1.29 is 28.2 Å². The highest BCUT2D eigenvalue weighted by Gasteiger charge is 2.32. The van der Waals surface area contributed by atoms with Crippen LogP contribution in [0.3, 0.4) is 0 Å². The molecule has 1 fully saturated rings. The number of nitrogens with zero attached hydrogens (tertiary/aromatic N) is 3. The monoisotopic (exact) mass is 529 g/mol. The van der Waals surface area contributed by atoms with Gasteiger partial charge in [-0.25, -0.2) is 18.2 Å². The highest BCUT2D eigenvalue weighted by Crippen LogP contribution is 2.33. The fourth-order valence-corrected chi connectivity index (χ4v) is 4.69. The molecule has 3 heterocycles. The maximum atomic E-state index is 14.9. The third-order valence-corrected chi connectivity index (χ3v) is 6.79. The van der Waals surface area contributed by atoms with Crippen LogP contribution in [-0.4, -0.2) is 51.2 Å². The quantitative estimate of drug-likeness (QED) is 0.358. The van der Waals surface area contributed by atoms with Gasteiger partial charge in [-0.05, 0) is 37.6 Å². The number of nitrogen functional groups attached to an aromatic ring is 1. The van der Waals surface area contributed by atoms with Gasteiger partial charge < -0.3 is 26.6 Å². The molecular formula is C27H30F3N5O3. The number of nitrogens with two attached hydrogens (primary N) is 2. The van der Waals surface area contributed by atoms with E-state index in [0.29, 0.717) is 24.3 Å². The average Bonchev–Trinajstić information content (AvgIpc) is 2.82. The zero-order valence-corrected chi connectivity index (χ0v) is 21.3. The molecule has 1 aliphatic rings. The summed E-state index contributed by atoms with van der Waals surface area (Å²) in [5.41, 5.74) is 9.49. The van der Waals surface area contributed by atoms with Crippen molar-refractivity contribution in [3.05, 3.63) is 70.9 Å². The van der Waals surface area contributed by atoms with Crippen molar-refractivity contribution in [1.29, 1.82) is 0 Å². The molecule has 3 atom stereocenters. The van der Waals surface area contributed by atoms with E-state index in [9.17, 15) is 28.2 Å². The summed E-state index contributed by atoms with van der Waals surface area (Å²) in [4.78, 5) is 23.3. The second kappa shape index (κ2) is 10.3. The Labute approximate surface area is 218 Å². The molecule has 1 saturated heterocycles. The van der Waals surface area contributed by atoms with Gasteiger partial charge in [0.15, 0.2) is 11.6 Å². The number of Topliss-reactive ketones (excluding diaryl/α,β-unsaturated/α-hetero) is 1. The number of aliphatic hydroxyl groups excluding tert-OH is 1. The zero-order valence-electron chi connectivity index (χ0n) is 21.3. The van der Waals surface area contributed by atoms with Crippen LogP contribution >= 0.6 is 0 Å². The number of halogens is 3. The number of benzene rings is 1. The zero-order chi connectivity index (χ0) is 27.9. The fraction of sp³-hybridized carbons (Fsp3) is 0.370.